The number of rotatable bonds is 3. The van der Waals surface area contributed by atoms with Gasteiger partial charge >= 0.3 is 5.97 Å². The molecule has 1 saturated heterocycles. The summed E-state index contributed by atoms with van der Waals surface area (Å²) in [5.74, 6) is -1.10. The Labute approximate surface area is 113 Å². The Kier molecular flexibility index (Phi) is 3.60. The molecule has 102 valence electrons. The summed E-state index contributed by atoms with van der Waals surface area (Å²) in [6, 6.07) is 5.79. The molecule has 1 aromatic carbocycles. The molecule has 1 N–H and O–H groups in total. The molecule has 0 saturated carbocycles. The number of benzene rings is 1. The minimum absolute atomic E-state index is 0.000591. The van der Waals surface area contributed by atoms with Gasteiger partial charge in [-0.1, -0.05) is 24.1 Å². The van der Waals surface area contributed by atoms with Crippen LogP contribution in [-0.2, 0) is 4.79 Å². The molecule has 1 aliphatic rings. The van der Waals surface area contributed by atoms with Crippen molar-refractivity contribution < 1.29 is 14.7 Å². The molecule has 0 bridgehead atoms. The summed E-state index contributed by atoms with van der Waals surface area (Å²) in [7, 11) is 0. The maximum Gasteiger partial charge on any atom is 0.306 e. The molecule has 1 fully saturated rings. The molecule has 0 radical (unpaired) electrons. The lowest BCUT2D eigenvalue weighted by molar-refractivity contribution is -0.144. The van der Waals surface area contributed by atoms with E-state index in [1.807, 2.05) is 32.0 Å². The Balaban J connectivity index is 2.02. The van der Waals surface area contributed by atoms with Crippen molar-refractivity contribution in [3.8, 4) is 0 Å². The zero-order valence-corrected chi connectivity index (χ0v) is 11.5. The third-order valence-electron chi connectivity index (χ3n) is 3.76. The van der Waals surface area contributed by atoms with Crippen molar-refractivity contribution in [3.63, 3.8) is 0 Å². The van der Waals surface area contributed by atoms with Crippen LogP contribution < -0.4 is 0 Å². The third kappa shape index (κ3) is 2.78. The SMILES string of the molecule is Cc1cc(C)cc(C(=O)N2CC(C(C)C(=O)O)C2)c1. The van der Waals surface area contributed by atoms with Gasteiger partial charge in [0, 0.05) is 24.6 Å². The van der Waals surface area contributed by atoms with E-state index in [1.165, 1.54) is 0 Å². The Morgan fingerprint density at radius 3 is 2.21 bits per heavy atom. The summed E-state index contributed by atoms with van der Waals surface area (Å²) in [4.78, 5) is 24.8. The molecule has 19 heavy (non-hydrogen) atoms. The summed E-state index contributed by atoms with van der Waals surface area (Å²) in [5.41, 5.74) is 2.83. The lowest BCUT2D eigenvalue weighted by Gasteiger charge is -2.41. The lowest BCUT2D eigenvalue weighted by Crippen LogP contribution is -2.53. The molecule has 1 heterocycles. The molecular weight excluding hydrogens is 242 g/mol. The van der Waals surface area contributed by atoms with Gasteiger partial charge in [0.25, 0.3) is 5.91 Å². The molecule has 2 rings (SSSR count). The minimum Gasteiger partial charge on any atom is -0.481 e. The Morgan fingerprint density at radius 1 is 1.21 bits per heavy atom. The van der Waals surface area contributed by atoms with Crippen LogP contribution >= 0.6 is 0 Å². The second kappa shape index (κ2) is 5.03. The van der Waals surface area contributed by atoms with Crippen LogP contribution in [0.25, 0.3) is 0 Å². The number of amides is 1. The van der Waals surface area contributed by atoms with E-state index in [9.17, 15) is 9.59 Å². The lowest BCUT2D eigenvalue weighted by atomic mass is 9.86. The van der Waals surface area contributed by atoms with Crippen LogP contribution in [0, 0.1) is 25.7 Å². The Bertz CT molecular complexity index is 498. The number of nitrogens with zero attached hydrogens (tertiary/aromatic N) is 1. The third-order valence-corrected chi connectivity index (χ3v) is 3.76. The van der Waals surface area contributed by atoms with Gasteiger partial charge in [-0.25, -0.2) is 0 Å². The summed E-state index contributed by atoms with van der Waals surface area (Å²) >= 11 is 0. The van der Waals surface area contributed by atoms with E-state index in [4.69, 9.17) is 5.11 Å². The summed E-state index contributed by atoms with van der Waals surface area (Å²) in [6.07, 6.45) is 0. The average Bonchev–Trinajstić information content (AvgIpc) is 2.25. The average molecular weight is 261 g/mol. The number of hydrogen-bond donors (Lipinski definition) is 1. The van der Waals surface area contributed by atoms with Crippen LogP contribution in [0.4, 0.5) is 0 Å². The van der Waals surface area contributed by atoms with Crippen LogP contribution in [0.2, 0.25) is 0 Å². The molecule has 0 aliphatic carbocycles. The number of carbonyl (C=O) groups is 2. The first-order chi connectivity index (χ1) is 8.88. The minimum atomic E-state index is -0.788. The summed E-state index contributed by atoms with van der Waals surface area (Å²) in [6.45, 7) is 6.72. The molecule has 0 aromatic heterocycles. The largest absolute Gasteiger partial charge is 0.481 e. The number of aliphatic carboxylic acids is 1. The Morgan fingerprint density at radius 2 is 1.74 bits per heavy atom. The maximum atomic E-state index is 12.2. The number of likely N-dealkylation sites (tertiary alicyclic amines) is 1. The van der Waals surface area contributed by atoms with E-state index in [0.29, 0.717) is 18.7 Å². The molecule has 1 unspecified atom stereocenters. The van der Waals surface area contributed by atoms with Gasteiger partial charge in [0.2, 0.25) is 0 Å². The van der Waals surface area contributed by atoms with E-state index < -0.39 is 5.97 Å². The monoisotopic (exact) mass is 261 g/mol. The highest BCUT2D eigenvalue weighted by Crippen LogP contribution is 2.26. The number of carbonyl (C=O) groups excluding carboxylic acids is 1. The number of carboxylic acids is 1. The van der Waals surface area contributed by atoms with Crippen molar-refractivity contribution in [1.82, 2.24) is 4.90 Å². The molecule has 1 atom stereocenters. The van der Waals surface area contributed by atoms with E-state index in [0.717, 1.165) is 11.1 Å². The van der Waals surface area contributed by atoms with Crippen LogP contribution in [-0.4, -0.2) is 35.0 Å². The van der Waals surface area contributed by atoms with Gasteiger partial charge in [-0.2, -0.15) is 0 Å². The number of hydrogen-bond acceptors (Lipinski definition) is 2. The number of aryl methyl sites for hydroxylation is 2. The predicted octanol–water partition coefficient (Wildman–Crippen LogP) is 2.10. The molecule has 4 heteroatoms. The van der Waals surface area contributed by atoms with E-state index in [2.05, 4.69) is 0 Å². The standard InChI is InChI=1S/C15H19NO3/c1-9-4-10(2)6-12(5-9)14(17)16-7-13(8-16)11(3)15(18)19/h4-6,11,13H,7-8H2,1-3H3,(H,18,19). The predicted molar refractivity (Wildman–Crippen MR) is 72.1 cm³/mol. The second-order valence-electron chi connectivity index (χ2n) is 5.47. The fourth-order valence-corrected chi connectivity index (χ4v) is 2.48. The zero-order valence-electron chi connectivity index (χ0n) is 11.5. The second-order valence-corrected chi connectivity index (χ2v) is 5.47. The van der Waals surface area contributed by atoms with Crippen molar-refractivity contribution in [2.45, 2.75) is 20.8 Å². The molecule has 1 amide bonds. The van der Waals surface area contributed by atoms with Crippen LogP contribution in [0.5, 0.6) is 0 Å². The first-order valence-corrected chi connectivity index (χ1v) is 6.49. The first-order valence-electron chi connectivity index (χ1n) is 6.49. The van der Waals surface area contributed by atoms with E-state index in [1.54, 1.807) is 11.8 Å². The van der Waals surface area contributed by atoms with Gasteiger partial charge < -0.3 is 10.0 Å². The summed E-state index contributed by atoms with van der Waals surface area (Å²) < 4.78 is 0. The van der Waals surface area contributed by atoms with Crippen molar-refractivity contribution >= 4 is 11.9 Å². The highest BCUT2D eigenvalue weighted by atomic mass is 16.4. The van der Waals surface area contributed by atoms with Crippen molar-refractivity contribution in [3.05, 3.63) is 34.9 Å². The highest BCUT2D eigenvalue weighted by molar-refractivity contribution is 5.95. The zero-order chi connectivity index (χ0) is 14.2. The summed E-state index contributed by atoms with van der Waals surface area (Å²) in [5, 5.41) is 8.93. The topological polar surface area (TPSA) is 57.6 Å². The molecular formula is C15H19NO3. The van der Waals surface area contributed by atoms with Crippen LogP contribution in [0.3, 0.4) is 0 Å². The smallest absolute Gasteiger partial charge is 0.306 e. The van der Waals surface area contributed by atoms with Gasteiger partial charge in [-0.15, -0.1) is 0 Å². The van der Waals surface area contributed by atoms with Gasteiger partial charge in [-0.3, -0.25) is 9.59 Å². The molecule has 4 nitrogen and oxygen atoms in total. The fraction of sp³-hybridized carbons (Fsp3) is 0.467. The van der Waals surface area contributed by atoms with Gasteiger partial charge in [0.15, 0.2) is 0 Å². The number of carboxylic acid groups (broad SMARTS) is 1. The quantitative estimate of drug-likeness (QED) is 0.906. The first kappa shape index (κ1) is 13.6. The van der Waals surface area contributed by atoms with Gasteiger partial charge in [-0.05, 0) is 26.0 Å². The van der Waals surface area contributed by atoms with Gasteiger partial charge in [0.05, 0.1) is 5.92 Å². The molecule has 1 aliphatic heterocycles. The van der Waals surface area contributed by atoms with Crippen molar-refractivity contribution in [1.29, 1.82) is 0 Å². The van der Waals surface area contributed by atoms with E-state index >= 15 is 0 Å². The highest BCUT2D eigenvalue weighted by Gasteiger charge is 2.37. The van der Waals surface area contributed by atoms with Crippen LogP contribution in [0.15, 0.2) is 18.2 Å². The van der Waals surface area contributed by atoms with Crippen LogP contribution in [0.1, 0.15) is 28.4 Å². The van der Waals surface area contributed by atoms with Crippen molar-refractivity contribution in [2.75, 3.05) is 13.1 Å². The van der Waals surface area contributed by atoms with Crippen molar-refractivity contribution in [2.24, 2.45) is 11.8 Å². The molecule has 1 aromatic rings. The normalized spacial score (nSPS) is 16.9. The fourth-order valence-electron chi connectivity index (χ4n) is 2.48. The van der Waals surface area contributed by atoms with E-state index in [-0.39, 0.29) is 17.7 Å². The molecule has 0 spiro atoms. The Hall–Kier alpha value is -1.84. The van der Waals surface area contributed by atoms with Gasteiger partial charge in [0.1, 0.15) is 0 Å². The maximum absolute atomic E-state index is 12.2.